The van der Waals surface area contributed by atoms with Gasteiger partial charge in [-0.05, 0) is 42.8 Å². The Morgan fingerprint density at radius 1 is 0.968 bits per heavy atom. The average molecular weight is 427 g/mol. The van der Waals surface area contributed by atoms with E-state index >= 15 is 0 Å². The van der Waals surface area contributed by atoms with Gasteiger partial charge >= 0.3 is 0 Å². The van der Waals surface area contributed by atoms with Crippen LogP contribution in [0, 0.1) is 6.92 Å². The third-order valence-corrected chi connectivity index (χ3v) is 5.83. The molecule has 5 aromatic rings. The molecule has 3 heterocycles. The Bertz CT molecular complexity index is 1430. The Hall–Kier alpha value is -3.71. The smallest absolute Gasteiger partial charge is 0.267 e. The molecule has 0 spiro atoms. The third-order valence-electron chi connectivity index (χ3n) is 4.86. The van der Waals surface area contributed by atoms with Crippen LogP contribution in [0.5, 0.6) is 0 Å². The first kappa shape index (κ1) is 19.3. The number of oxazole rings is 1. The molecule has 7 heteroatoms. The maximum atomic E-state index is 13.3. The van der Waals surface area contributed by atoms with Crippen molar-refractivity contribution >= 4 is 22.7 Å². The molecule has 0 N–H and O–H groups in total. The van der Waals surface area contributed by atoms with Gasteiger partial charge in [0, 0.05) is 17.5 Å². The van der Waals surface area contributed by atoms with E-state index in [1.165, 1.54) is 11.8 Å². The van der Waals surface area contributed by atoms with Crippen LogP contribution in [-0.2, 0) is 5.75 Å². The van der Waals surface area contributed by atoms with Gasteiger partial charge in [-0.2, -0.15) is 0 Å². The lowest BCUT2D eigenvalue weighted by Gasteiger charge is -2.13. The number of fused-ring (bicyclic) bond motifs is 1. The topological polar surface area (TPSA) is 73.8 Å². The molecule has 0 aliphatic carbocycles. The second-order valence-electron chi connectivity index (χ2n) is 6.99. The molecule has 0 aliphatic rings. The summed E-state index contributed by atoms with van der Waals surface area (Å²) in [4.78, 5) is 27.1. The zero-order valence-corrected chi connectivity index (χ0v) is 17.5. The Morgan fingerprint density at radius 2 is 1.77 bits per heavy atom. The van der Waals surface area contributed by atoms with Gasteiger partial charge in [-0.3, -0.25) is 4.79 Å². The quantitative estimate of drug-likeness (QED) is 0.290. The summed E-state index contributed by atoms with van der Waals surface area (Å²) in [6.45, 7) is 1.93. The Morgan fingerprint density at radius 3 is 2.61 bits per heavy atom. The molecule has 152 valence electrons. The maximum Gasteiger partial charge on any atom is 0.267 e. The molecule has 0 bridgehead atoms. The number of benzene rings is 2. The fraction of sp³-hybridized carbons (Fsp3) is 0.0833. The molecule has 0 radical (unpaired) electrons. The second kappa shape index (κ2) is 8.20. The molecule has 0 atom stereocenters. The third kappa shape index (κ3) is 3.75. The van der Waals surface area contributed by atoms with E-state index in [1.807, 2.05) is 67.6 Å². The molecule has 0 aliphatic heterocycles. The molecule has 0 amide bonds. The van der Waals surface area contributed by atoms with Crippen molar-refractivity contribution < 1.29 is 4.42 Å². The van der Waals surface area contributed by atoms with Crippen LogP contribution in [-0.4, -0.2) is 19.5 Å². The molecule has 0 saturated heterocycles. The first-order valence-electron chi connectivity index (χ1n) is 9.77. The summed E-state index contributed by atoms with van der Waals surface area (Å²) in [7, 11) is 0. The van der Waals surface area contributed by atoms with Gasteiger partial charge in [0.25, 0.3) is 5.56 Å². The zero-order chi connectivity index (χ0) is 21.2. The van der Waals surface area contributed by atoms with Crippen LogP contribution in [0.1, 0.15) is 11.3 Å². The lowest BCUT2D eigenvalue weighted by molar-refractivity contribution is 0.573. The monoisotopic (exact) mass is 426 g/mol. The minimum absolute atomic E-state index is 0.139. The van der Waals surface area contributed by atoms with Crippen LogP contribution < -0.4 is 5.56 Å². The summed E-state index contributed by atoms with van der Waals surface area (Å²) in [5, 5.41) is 1.12. The van der Waals surface area contributed by atoms with E-state index in [-0.39, 0.29) is 5.56 Å². The number of para-hydroxylation sites is 1. The van der Waals surface area contributed by atoms with Crippen molar-refractivity contribution in [3.8, 4) is 17.3 Å². The van der Waals surface area contributed by atoms with Crippen LogP contribution in [0.4, 0.5) is 0 Å². The molecular weight excluding hydrogens is 408 g/mol. The van der Waals surface area contributed by atoms with Gasteiger partial charge in [0.15, 0.2) is 5.16 Å². The van der Waals surface area contributed by atoms with Gasteiger partial charge in [0.1, 0.15) is 12.1 Å². The van der Waals surface area contributed by atoms with E-state index in [0.29, 0.717) is 33.5 Å². The summed E-state index contributed by atoms with van der Waals surface area (Å²) in [6, 6.07) is 20.9. The van der Waals surface area contributed by atoms with Crippen LogP contribution in [0.3, 0.4) is 0 Å². The minimum atomic E-state index is -0.139. The summed E-state index contributed by atoms with van der Waals surface area (Å²) >= 11 is 1.43. The molecular formula is C24H18N4O2S. The number of aromatic nitrogens is 4. The van der Waals surface area contributed by atoms with E-state index in [1.54, 1.807) is 23.1 Å². The Balaban J connectivity index is 1.54. The van der Waals surface area contributed by atoms with E-state index in [9.17, 15) is 4.79 Å². The van der Waals surface area contributed by atoms with Crippen molar-refractivity contribution in [1.29, 1.82) is 0 Å². The number of rotatable bonds is 5. The molecule has 2 aromatic carbocycles. The van der Waals surface area contributed by atoms with Crippen molar-refractivity contribution in [2.24, 2.45) is 0 Å². The van der Waals surface area contributed by atoms with Crippen molar-refractivity contribution in [1.82, 2.24) is 19.5 Å². The SMILES string of the molecule is Cc1cccnc1-n1c(SCc2coc(-c3ccccc3)n2)nc2ccccc2c1=O. The van der Waals surface area contributed by atoms with E-state index in [2.05, 4.69) is 9.97 Å². The van der Waals surface area contributed by atoms with Crippen LogP contribution >= 0.6 is 11.8 Å². The lowest BCUT2D eigenvalue weighted by atomic mass is 10.2. The summed E-state index contributed by atoms with van der Waals surface area (Å²) in [5.41, 5.74) is 3.11. The first-order valence-corrected chi connectivity index (χ1v) is 10.8. The summed E-state index contributed by atoms with van der Waals surface area (Å²) in [5.74, 6) is 1.66. The number of hydrogen-bond acceptors (Lipinski definition) is 6. The number of aryl methyl sites for hydroxylation is 1. The average Bonchev–Trinajstić information content (AvgIpc) is 3.28. The molecule has 0 unspecified atom stereocenters. The zero-order valence-electron chi connectivity index (χ0n) is 16.7. The van der Waals surface area contributed by atoms with Gasteiger partial charge in [-0.1, -0.05) is 48.2 Å². The van der Waals surface area contributed by atoms with Crippen molar-refractivity contribution in [2.75, 3.05) is 0 Å². The van der Waals surface area contributed by atoms with Crippen molar-refractivity contribution in [3.05, 3.63) is 101 Å². The Kier molecular flexibility index (Phi) is 5.09. The highest BCUT2D eigenvalue weighted by Gasteiger charge is 2.16. The first-order chi connectivity index (χ1) is 15.2. The summed E-state index contributed by atoms with van der Waals surface area (Å²) in [6.07, 6.45) is 3.33. The predicted molar refractivity (Wildman–Crippen MR) is 121 cm³/mol. The maximum absolute atomic E-state index is 13.3. The fourth-order valence-electron chi connectivity index (χ4n) is 3.33. The van der Waals surface area contributed by atoms with Gasteiger partial charge in [0.05, 0.1) is 16.6 Å². The number of hydrogen-bond donors (Lipinski definition) is 0. The standard InChI is InChI=1S/C24H18N4O2S/c1-16-8-7-13-25-21(16)28-23(29)19-11-5-6-12-20(19)27-24(28)31-15-18-14-30-22(26-18)17-9-3-2-4-10-17/h2-14H,15H2,1H3. The van der Waals surface area contributed by atoms with Crippen molar-refractivity contribution in [3.63, 3.8) is 0 Å². The predicted octanol–water partition coefficient (Wildman–Crippen LogP) is 5.04. The van der Waals surface area contributed by atoms with E-state index < -0.39 is 0 Å². The normalized spacial score (nSPS) is 11.1. The van der Waals surface area contributed by atoms with Gasteiger partial charge in [-0.25, -0.2) is 19.5 Å². The highest BCUT2D eigenvalue weighted by atomic mass is 32.2. The number of thioether (sulfide) groups is 1. The highest BCUT2D eigenvalue weighted by Crippen LogP contribution is 2.26. The molecule has 0 fully saturated rings. The van der Waals surface area contributed by atoms with Gasteiger partial charge in [0.2, 0.25) is 5.89 Å². The van der Waals surface area contributed by atoms with E-state index in [0.717, 1.165) is 16.8 Å². The van der Waals surface area contributed by atoms with Crippen LogP contribution in [0.25, 0.3) is 28.2 Å². The molecule has 31 heavy (non-hydrogen) atoms. The molecule has 0 saturated carbocycles. The molecule has 5 rings (SSSR count). The number of pyridine rings is 1. The van der Waals surface area contributed by atoms with Crippen LogP contribution in [0.2, 0.25) is 0 Å². The second-order valence-corrected chi connectivity index (χ2v) is 7.94. The lowest BCUT2D eigenvalue weighted by Crippen LogP contribution is -2.23. The van der Waals surface area contributed by atoms with Gasteiger partial charge in [-0.15, -0.1) is 0 Å². The fourth-order valence-corrected chi connectivity index (χ4v) is 4.20. The highest BCUT2D eigenvalue weighted by molar-refractivity contribution is 7.98. The molecule has 3 aromatic heterocycles. The van der Waals surface area contributed by atoms with Crippen LogP contribution in [0.15, 0.2) is 93.6 Å². The van der Waals surface area contributed by atoms with Gasteiger partial charge < -0.3 is 4.42 Å². The molecule has 6 nitrogen and oxygen atoms in total. The van der Waals surface area contributed by atoms with E-state index in [4.69, 9.17) is 9.40 Å². The Labute approximate surface area is 182 Å². The summed E-state index contributed by atoms with van der Waals surface area (Å²) < 4.78 is 7.23. The largest absolute Gasteiger partial charge is 0.444 e. The minimum Gasteiger partial charge on any atom is -0.444 e. The number of nitrogens with zero attached hydrogens (tertiary/aromatic N) is 4. The van der Waals surface area contributed by atoms with Crippen molar-refractivity contribution in [2.45, 2.75) is 17.8 Å².